The molecule has 0 amide bonds. The summed E-state index contributed by atoms with van der Waals surface area (Å²) in [5.74, 6) is 0.694. The average Bonchev–Trinajstić information content (AvgIpc) is 3.14. The van der Waals surface area contributed by atoms with Crippen LogP contribution in [-0.4, -0.2) is 15.0 Å². The van der Waals surface area contributed by atoms with Gasteiger partial charge in [0.15, 0.2) is 5.82 Å². The zero-order valence-corrected chi connectivity index (χ0v) is 24.9. The van der Waals surface area contributed by atoms with Gasteiger partial charge in [0, 0.05) is 27.5 Å². The van der Waals surface area contributed by atoms with Crippen molar-refractivity contribution in [2.24, 2.45) is 0 Å². The van der Waals surface area contributed by atoms with E-state index >= 15 is 0 Å². The first kappa shape index (κ1) is 26.2. The Kier molecular flexibility index (Phi) is 6.14. The van der Waals surface area contributed by atoms with Gasteiger partial charge in [-0.25, -0.2) is 15.0 Å². The molecule has 9 aromatic rings. The molecule has 0 fully saturated rings. The molecule has 0 aliphatic rings. The number of hydrogen-bond donors (Lipinski definition) is 0. The summed E-state index contributed by atoms with van der Waals surface area (Å²) in [7, 11) is 0. The van der Waals surface area contributed by atoms with Gasteiger partial charge in [-0.1, -0.05) is 146 Å². The maximum Gasteiger partial charge on any atom is 0.160 e. The van der Waals surface area contributed by atoms with Crippen molar-refractivity contribution < 1.29 is 0 Å². The van der Waals surface area contributed by atoms with Crippen molar-refractivity contribution in [1.82, 2.24) is 15.0 Å². The number of benzene rings is 7. The van der Waals surface area contributed by atoms with Gasteiger partial charge in [0.1, 0.15) is 5.52 Å². The van der Waals surface area contributed by atoms with Crippen LogP contribution in [0.1, 0.15) is 0 Å². The fourth-order valence-corrected chi connectivity index (χ4v) is 6.49. The summed E-state index contributed by atoms with van der Waals surface area (Å²) < 4.78 is 0. The van der Waals surface area contributed by atoms with Crippen LogP contribution >= 0.6 is 0 Å². The molecule has 3 heteroatoms. The van der Waals surface area contributed by atoms with E-state index in [0.29, 0.717) is 5.82 Å². The monoisotopic (exact) mass is 585 g/mol. The van der Waals surface area contributed by atoms with E-state index in [1.807, 2.05) is 36.4 Å². The third-order valence-electron chi connectivity index (χ3n) is 8.86. The highest BCUT2D eigenvalue weighted by Gasteiger charge is 2.15. The highest BCUT2D eigenvalue weighted by atomic mass is 14.9. The Morgan fingerprint density at radius 1 is 0.304 bits per heavy atom. The fourth-order valence-electron chi connectivity index (χ4n) is 6.49. The number of aromatic nitrogens is 3. The second-order valence-electron chi connectivity index (χ2n) is 11.7. The van der Waals surface area contributed by atoms with Crippen molar-refractivity contribution in [1.29, 1.82) is 0 Å². The highest BCUT2D eigenvalue weighted by Crippen LogP contribution is 2.35. The number of rotatable bonds is 4. The lowest BCUT2D eigenvalue weighted by molar-refractivity contribution is 1.23. The molecule has 0 bridgehead atoms. The number of hydrogen-bond acceptors (Lipinski definition) is 3. The molecule has 46 heavy (non-hydrogen) atoms. The molecule has 0 aliphatic carbocycles. The zero-order chi connectivity index (χ0) is 30.5. The van der Waals surface area contributed by atoms with Gasteiger partial charge in [-0.15, -0.1) is 0 Å². The van der Waals surface area contributed by atoms with Gasteiger partial charge < -0.3 is 0 Å². The molecule has 7 aromatic carbocycles. The molecule has 0 atom stereocenters. The molecule has 0 radical (unpaired) electrons. The van der Waals surface area contributed by atoms with E-state index in [0.717, 1.165) is 49.9 Å². The lowest BCUT2D eigenvalue weighted by Gasteiger charge is -2.12. The zero-order valence-electron chi connectivity index (χ0n) is 24.9. The maximum absolute atomic E-state index is 5.23. The molecule has 0 unspecified atom stereocenters. The second-order valence-corrected chi connectivity index (χ2v) is 11.7. The molecule has 3 nitrogen and oxygen atoms in total. The molecule has 214 valence electrons. The van der Waals surface area contributed by atoms with Crippen molar-refractivity contribution in [2.75, 3.05) is 0 Å². The van der Waals surface area contributed by atoms with Gasteiger partial charge in [-0.05, 0) is 50.9 Å². The third-order valence-corrected chi connectivity index (χ3v) is 8.86. The summed E-state index contributed by atoms with van der Waals surface area (Å²) in [6.07, 6.45) is 0. The molecule has 9 rings (SSSR count). The summed E-state index contributed by atoms with van der Waals surface area (Å²) in [4.78, 5) is 15.4. The van der Waals surface area contributed by atoms with E-state index in [1.54, 1.807) is 0 Å². The number of pyridine rings is 1. The van der Waals surface area contributed by atoms with Gasteiger partial charge >= 0.3 is 0 Å². The van der Waals surface area contributed by atoms with E-state index in [2.05, 4.69) is 127 Å². The van der Waals surface area contributed by atoms with Crippen LogP contribution in [-0.2, 0) is 0 Å². The van der Waals surface area contributed by atoms with Gasteiger partial charge in [-0.2, -0.15) is 0 Å². The maximum atomic E-state index is 5.23. The molecule has 0 saturated carbocycles. The summed E-state index contributed by atoms with van der Waals surface area (Å²) in [5, 5.41) is 7.11. The Labute approximate surface area is 266 Å². The average molecular weight is 586 g/mol. The summed E-state index contributed by atoms with van der Waals surface area (Å²) >= 11 is 0. The predicted molar refractivity (Wildman–Crippen MR) is 192 cm³/mol. The SMILES string of the molecule is c1ccc(-c2nc(-c3ccccc3)c3ccc4ccc(-c5ccc(-c6ccc7c(ccc8ccccc87)c6)cc5)nc4c3n2)cc1. The Bertz CT molecular complexity index is 2560. The molecular weight excluding hydrogens is 558 g/mol. The fraction of sp³-hybridized carbons (Fsp3) is 0. The van der Waals surface area contributed by atoms with Crippen molar-refractivity contribution >= 4 is 43.4 Å². The Hall–Kier alpha value is -6.19. The number of fused-ring (bicyclic) bond motifs is 6. The van der Waals surface area contributed by atoms with Crippen LogP contribution in [0.3, 0.4) is 0 Å². The lowest BCUT2D eigenvalue weighted by Crippen LogP contribution is -1.97. The van der Waals surface area contributed by atoms with Crippen molar-refractivity contribution in [3.8, 4) is 45.0 Å². The largest absolute Gasteiger partial charge is 0.245 e. The molecular formula is C43H27N3. The van der Waals surface area contributed by atoms with Crippen LogP contribution in [0, 0.1) is 0 Å². The van der Waals surface area contributed by atoms with Crippen molar-refractivity contribution in [3.05, 3.63) is 164 Å². The molecule has 0 spiro atoms. The Morgan fingerprint density at radius 2 is 0.913 bits per heavy atom. The Morgan fingerprint density at radius 3 is 1.74 bits per heavy atom. The quantitative estimate of drug-likeness (QED) is 0.193. The highest BCUT2D eigenvalue weighted by molar-refractivity contribution is 6.09. The van der Waals surface area contributed by atoms with Crippen LogP contribution in [0.4, 0.5) is 0 Å². The van der Waals surface area contributed by atoms with Gasteiger partial charge in [-0.3, -0.25) is 0 Å². The summed E-state index contributed by atoms with van der Waals surface area (Å²) in [5.41, 5.74) is 9.03. The number of nitrogens with zero attached hydrogens (tertiary/aromatic N) is 3. The minimum Gasteiger partial charge on any atom is -0.245 e. The first-order chi connectivity index (χ1) is 22.8. The normalized spacial score (nSPS) is 11.5. The molecule has 2 aromatic heterocycles. The van der Waals surface area contributed by atoms with E-state index in [1.165, 1.54) is 32.7 Å². The van der Waals surface area contributed by atoms with Crippen LogP contribution in [0.5, 0.6) is 0 Å². The van der Waals surface area contributed by atoms with Crippen LogP contribution in [0.2, 0.25) is 0 Å². The smallest absolute Gasteiger partial charge is 0.160 e. The summed E-state index contributed by atoms with van der Waals surface area (Å²) in [6, 6.07) is 57.4. The molecule has 2 heterocycles. The lowest BCUT2D eigenvalue weighted by atomic mass is 9.96. The molecule has 0 aliphatic heterocycles. The van der Waals surface area contributed by atoms with Crippen molar-refractivity contribution in [3.63, 3.8) is 0 Å². The predicted octanol–water partition coefficient (Wildman–Crippen LogP) is 11.2. The van der Waals surface area contributed by atoms with Gasteiger partial charge in [0.2, 0.25) is 0 Å². The van der Waals surface area contributed by atoms with E-state index < -0.39 is 0 Å². The standard InChI is InChI=1S/C43H27N3/c1-3-10-31(11-4-1)40-38-25-21-32-23-26-39(44-41(32)42(38)46-43(45-40)33-12-5-2-6-13-33)30-18-15-28(16-19-30)34-22-24-37-35(27-34)20-17-29-9-7-8-14-36(29)37/h1-27H. The van der Waals surface area contributed by atoms with E-state index in [9.17, 15) is 0 Å². The van der Waals surface area contributed by atoms with Gasteiger partial charge in [0.25, 0.3) is 0 Å². The summed E-state index contributed by atoms with van der Waals surface area (Å²) in [6.45, 7) is 0. The Balaban J connectivity index is 1.15. The minimum atomic E-state index is 0.694. The molecule has 0 N–H and O–H groups in total. The topological polar surface area (TPSA) is 38.7 Å². The molecule has 0 saturated heterocycles. The minimum absolute atomic E-state index is 0.694. The first-order valence-electron chi connectivity index (χ1n) is 15.5. The van der Waals surface area contributed by atoms with E-state index in [-0.39, 0.29) is 0 Å². The first-order valence-corrected chi connectivity index (χ1v) is 15.5. The third kappa shape index (κ3) is 4.49. The van der Waals surface area contributed by atoms with Crippen molar-refractivity contribution in [2.45, 2.75) is 0 Å². The second kappa shape index (κ2) is 10.8. The van der Waals surface area contributed by atoms with E-state index in [4.69, 9.17) is 15.0 Å². The van der Waals surface area contributed by atoms with Crippen LogP contribution in [0.25, 0.3) is 88.4 Å². The van der Waals surface area contributed by atoms with Gasteiger partial charge in [0.05, 0.1) is 16.9 Å². The van der Waals surface area contributed by atoms with Crippen LogP contribution < -0.4 is 0 Å². The van der Waals surface area contributed by atoms with Crippen LogP contribution in [0.15, 0.2) is 164 Å².